The van der Waals surface area contributed by atoms with Gasteiger partial charge in [-0.25, -0.2) is 0 Å². The van der Waals surface area contributed by atoms with Crippen molar-refractivity contribution in [2.45, 2.75) is 32.9 Å². The molecule has 0 saturated heterocycles. The van der Waals surface area contributed by atoms with Gasteiger partial charge in [0.2, 0.25) is 0 Å². The molecule has 1 aromatic carbocycles. The zero-order valence-corrected chi connectivity index (χ0v) is 11.5. The van der Waals surface area contributed by atoms with Gasteiger partial charge in [-0.3, -0.25) is 11.3 Å². The highest BCUT2D eigenvalue weighted by Gasteiger charge is 2.14. The summed E-state index contributed by atoms with van der Waals surface area (Å²) in [5, 5.41) is 0. The van der Waals surface area contributed by atoms with E-state index in [-0.39, 0.29) is 12.1 Å². The molecule has 0 spiro atoms. The summed E-state index contributed by atoms with van der Waals surface area (Å²) >= 11 is 3.51. The van der Waals surface area contributed by atoms with E-state index in [1.165, 1.54) is 5.56 Å². The fourth-order valence-corrected chi connectivity index (χ4v) is 1.90. The second kappa shape index (κ2) is 6.35. The highest BCUT2D eigenvalue weighted by atomic mass is 79.9. The summed E-state index contributed by atoms with van der Waals surface area (Å²) in [4.78, 5) is 0. The number of halogens is 1. The topological polar surface area (TPSA) is 47.3 Å². The third-order valence-electron chi connectivity index (χ3n) is 2.48. The number of benzene rings is 1. The fraction of sp³-hybridized carbons (Fsp3) is 0.500. The van der Waals surface area contributed by atoms with Gasteiger partial charge in [-0.1, -0.05) is 28.1 Å². The van der Waals surface area contributed by atoms with Crippen LogP contribution in [0.3, 0.4) is 0 Å². The second-order valence-electron chi connectivity index (χ2n) is 4.06. The minimum absolute atomic E-state index is 0.0277. The molecule has 0 aliphatic carbocycles. The molecule has 16 heavy (non-hydrogen) atoms. The standard InChI is InChI=1S/C12H19BrN2O/c1-8(2)16-7-12(15-14)10-5-4-6-11(13)9(10)3/h4-6,8,12,15H,7,14H2,1-3H3. The molecule has 0 amide bonds. The van der Waals surface area contributed by atoms with Gasteiger partial charge in [-0.15, -0.1) is 0 Å². The summed E-state index contributed by atoms with van der Waals surface area (Å²) in [5.41, 5.74) is 5.15. The van der Waals surface area contributed by atoms with Gasteiger partial charge in [0.25, 0.3) is 0 Å². The Morgan fingerprint density at radius 1 is 1.44 bits per heavy atom. The molecule has 90 valence electrons. The molecular weight excluding hydrogens is 268 g/mol. The van der Waals surface area contributed by atoms with E-state index < -0.39 is 0 Å². The monoisotopic (exact) mass is 286 g/mol. The molecule has 0 aromatic heterocycles. The minimum atomic E-state index is 0.0277. The molecule has 1 atom stereocenters. The average molecular weight is 287 g/mol. The van der Waals surface area contributed by atoms with Crippen LogP contribution in [0.15, 0.2) is 22.7 Å². The quantitative estimate of drug-likeness (QED) is 0.646. The number of nitrogens with one attached hydrogen (secondary N) is 1. The maximum absolute atomic E-state index is 5.59. The summed E-state index contributed by atoms with van der Waals surface area (Å²) in [5.74, 6) is 5.56. The van der Waals surface area contributed by atoms with Crippen molar-refractivity contribution in [1.29, 1.82) is 0 Å². The lowest BCUT2D eigenvalue weighted by atomic mass is 10.0. The number of rotatable bonds is 5. The molecule has 3 N–H and O–H groups in total. The predicted octanol–water partition coefficient (Wildman–Crippen LogP) is 2.69. The Balaban J connectivity index is 2.82. The first kappa shape index (κ1) is 13.6. The van der Waals surface area contributed by atoms with E-state index in [4.69, 9.17) is 10.6 Å². The largest absolute Gasteiger partial charge is 0.377 e. The van der Waals surface area contributed by atoms with Crippen LogP contribution in [0.25, 0.3) is 0 Å². The van der Waals surface area contributed by atoms with E-state index in [1.54, 1.807) is 0 Å². The molecule has 0 radical (unpaired) electrons. The summed E-state index contributed by atoms with van der Waals surface area (Å²) in [6.07, 6.45) is 0.211. The van der Waals surface area contributed by atoms with Crippen molar-refractivity contribution in [2.75, 3.05) is 6.61 Å². The van der Waals surface area contributed by atoms with Gasteiger partial charge in [0.1, 0.15) is 0 Å². The number of nitrogens with two attached hydrogens (primary N) is 1. The SMILES string of the molecule is Cc1c(Br)cccc1C(COC(C)C)NN. The van der Waals surface area contributed by atoms with Crippen LogP contribution >= 0.6 is 15.9 Å². The van der Waals surface area contributed by atoms with Crippen LogP contribution in [-0.4, -0.2) is 12.7 Å². The van der Waals surface area contributed by atoms with Crippen LogP contribution < -0.4 is 11.3 Å². The lowest BCUT2D eigenvalue weighted by Crippen LogP contribution is -2.32. The molecule has 0 fully saturated rings. The first-order valence-corrected chi connectivity index (χ1v) is 6.18. The Labute approximate surface area is 105 Å². The normalized spacial score (nSPS) is 13.1. The van der Waals surface area contributed by atoms with E-state index in [0.717, 1.165) is 10.0 Å². The van der Waals surface area contributed by atoms with E-state index in [2.05, 4.69) is 34.3 Å². The molecule has 3 nitrogen and oxygen atoms in total. The van der Waals surface area contributed by atoms with Crippen molar-refractivity contribution in [1.82, 2.24) is 5.43 Å². The zero-order chi connectivity index (χ0) is 12.1. The van der Waals surface area contributed by atoms with Gasteiger partial charge in [-0.05, 0) is 38.0 Å². The Morgan fingerprint density at radius 2 is 2.12 bits per heavy atom. The lowest BCUT2D eigenvalue weighted by Gasteiger charge is -2.20. The summed E-state index contributed by atoms with van der Waals surface area (Å²) < 4.78 is 6.68. The minimum Gasteiger partial charge on any atom is -0.377 e. The molecule has 1 aromatic rings. The number of ether oxygens (including phenoxy) is 1. The number of hydrazine groups is 1. The third kappa shape index (κ3) is 3.56. The Kier molecular flexibility index (Phi) is 5.41. The first-order valence-electron chi connectivity index (χ1n) is 5.39. The molecule has 0 heterocycles. The van der Waals surface area contributed by atoms with Gasteiger partial charge in [0, 0.05) is 4.47 Å². The number of hydrogen-bond donors (Lipinski definition) is 2. The average Bonchev–Trinajstić information content (AvgIpc) is 2.24. The highest BCUT2D eigenvalue weighted by Crippen LogP contribution is 2.24. The Hall–Kier alpha value is -0.420. The van der Waals surface area contributed by atoms with Gasteiger partial charge < -0.3 is 4.74 Å². The van der Waals surface area contributed by atoms with Crippen LogP contribution in [0.2, 0.25) is 0 Å². The molecule has 0 aliphatic rings. The van der Waals surface area contributed by atoms with E-state index >= 15 is 0 Å². The molecular formula is C12H19BrN2O. The predicted molar refractivity (Wildman–Crippen MR) is 70.0 cm³/mol. The van der Waals surface area contributed by atoms with Crippen LogP contribution in [0.4, 0.5) is 0 Å². The first-order chi connectivity index (χ1) is 7.56. The Bertz CT molecular complexity index is 342. The summed E-state index contributed by atoms with van der Waals surface area (Å²) in [6, 6.07) is 6.12. The zero-order valence-electron chi connectivity index (χ0n) is 9.96. The maximum atomic E-state index is 5.59. The van der Waals surface area contributed by atoms with Gasteiger partial charge >= 0.3 is 0 Å². The number of hydrogen-bond acceptors (Lipinski definition) is 3. The summed E-state index contributed by atoms with van der Waals surface area (Å²) in [7, 11) is 0. The third-order valence-corrected chi connectivity index (χ3v) is 3.34. The summed E-state index contributed by atoms with van der Waals surface area (Å²) in [6.45, 7) is 6.67. The fourth-order valence-electron chi connectivity index (χ4n) is 1.52. The smallest absolute Gasteiger partial charge is 0.0697 e. The van der Waals surface area contributed by atoms with Crippen LogP contribution in [-0.2, 0) is 4.74 Å². The van der Waals surface area contributed by atoms with E-state index in [0.29, 0.717) is 6.61 Å². The lowest BCUT2D eigenvalue weighted by molar-refractivity contribution is 0.0610. The van der Waals surface area contributed by atoms with Crippen molar-refractivity contribution in [2.24, 2.45) is 5.84 Å². The van der Waals surface area contributed by atoms with Gasteiger partial charge in [0.15, 0.2) is 0 Å². The van der Waals surface area contributed by atoms with Crippen molar-refractivity contribution in [3.05, 3.63) is 33.8 Å². The van der Waals surface area contributed by atoms with E-state index in [1.807, 2.05) is 26.0 Å². The van der Waals surface area contributed by atoms with Crippen molar-refractivity contribution in [3.63, 3.8) is 0 Å². The van der Waals surface area contributed by atoms with Gasteiger partial charge in [0.05, 0.1) is 18.8 Å². The van der Waals surface area contributed by atoms with E-state index in [9.17, 15) is 0 Å². The molecule has 0 bridgehead atoms. The van der Waals surface area contributed by atoms with Crippen molar-refractivity contribution < 1.29 is 4.74 Å². The maximum Gasteiger partial charge on any atom is 0.0697 e. The Morgan fingerprint density at radius 3 is 2.69 bits per heavy atom. The van der Waals surface area contributed by atoms with Crippen molar-refractivity contribution >= 4 is 15.9 Å². The van der Waals surface area contributed by atoms with Gasteiger partial charge in [-0.2, -0.15) is 0 Å². The van der Waals surface area contributed by atoms with Crippen LogP contribution in [0, 0.1) is 6.92 Å². The second-order valence-corrected chi connectivity index (χ2v) is 4.91. The van der Waals surface area contributed by atoms with Crippen molar-refractivity contribution in [3.8, 4) is 0 Å². The molecule has 4 heteroatoms. The molecule has 1 rings (SSSR count). The molecule has 0 saturated carbocycles. The van der Waals surface area contributed by atoms with Crippen LogP contribution in [0.1, 0.15) is 31.0 Å². The van der Waals surface area contributed by atoms with Crippen LogP contribution in [0.5, 0.6) is 0 Å². The highest BCUT2D eigenvalue weighted by molar-refractivity contribution is 9.10. The molecule has 1 unspecified atom stereocenters. The molecule has 0 aliphatic heterocycles.